The van der Waals surface area contributed by atoms with Crippen LogP contribution in [0.4, 0.5) is 0 Å². The molecule has 0 aromatic heterocycles. The molecular weight excluding hydrogens is 444 g/mol. The molecule has 10 heteroatoms. The second-order valence-corrected chi connectivity index (χ2v) is 20.1. The molecular formula is C12H36N3Si6Y. The summed E-state index contributed by atoms with van der Waals surface area (Å²) < 4.78 is 13.4. The van der Waals surface area contributed by atoms with Crippen LogP contribution in [0, 0.1) is 0 Å². The van der Waals surface area contributed by atoms with Crippen LogP contribution in [0.1, 0.15) is 0 Å². The average Bonchev–Trinajstić information content (AvgIpc) is 2.10. The van der Waals surface area contributed by atoms with Crippen molar-refractivity contribution in [2.45, 2.75) is 78.6 Å². The van der Waals surface area contributed by atoms with Crippen molar-refractivity contribution in [1.82, 2.24) is 0 Å². The first-order chi connectivity index (χ1) is 9.38. The van der Waals surface area contributed by atoms with Crippen LogP contribution < -0.4 is 0 Å². The van der Waals surface area contributed by atoms with Gasteiger partial charge in [0.25, 0.3) is 0 Å². The van der Waals surface area contributed by atoms with Gasteiger partial charge in [-0.1, -0.05) is 132 Å². The summed E-state index contributed by atoms with van der Waals surface area (Å²) in [5.41, 5.74) is 0. The first-order valence-corrected chi connectivity index (χ1v) is 22.0. The van der Waals surface area contributed by atoms with E-state index in [1.165, 1.54) is 0 Å². The molecule has 126 valence electrons. The molecule has 0 fully saturated rings. The standard InChI is InChI=1S/3C4H12NSi2.Y/c3*1-6(2)5-7(3)4;/h3*1-4H3;/q3*-1;+3. The van der Waals surface area contributed by atoms with Crippen LogP contribution in [0.5, 0.6) is 0 Å². The van der Waals surface area contributed by atoms with E-state index in [9.17, 15) is 0 Å². The van der Waals surface area contributed by atoms with Crippen LogP contribution >= 0.6 is 0 Å². The molecule has 0 rings (SSSR count). The fourth-order valence-electron chi connectivity index (χ4n) is 1.34. The van der Waals surface area contributed by atoms with Gasteiger partial charge in [0.15, 0.2) is 0 Å². The quantitative estimate of drug-likeness (QED) is 0.446. The summed E-state index contributed by atoms with van der Waals surface area (Å²) >= 11 is 0. The van der Waals surface area contributed by atoms with E-state index in [1.807, 2.05) is 0 Å². The topological polar surface area (TPSA) is 42.3 Å². The summed E-state index contributed by atoms with van der Waals surface area (Å²) in [6.45, 7) is 26.7. The minimum atomic E-state index is -0.264. The average molecular weight is 480 g/mol. The molecule has 0 aliphatic rings. The molecule has 3 nitrogen and oxygen atoms in total. The van der Waals surface area contributed by atoms with Crippen LogP contribution in [-0.2, 0) is 32.7 Å². The smallest absolute Gasteiger partial charge is 0.673 e. The van der Waals surface area contributed by atoms with Gasteiger partial charge in [0.05, 0.1) is 0 Å². The van der Waals surface area contributed by atoms with Crippen molar-refractivity contribution in [2.75, 3.05) is 0 Å². The summed E-state index contributed by atoms with van der Waals surface area (Å²) in [6.07, 6.45) is 0. The molecule has 0 saturated heterocycles. The van der Waals surface area contributed by atoms with Gasteiger partial charge < -0.3 is 13.9 Å². The third kappa shape index (κ3) is 49.5. The molecule has 0 unspecified atom stereocenters. The third-order valence-corrected chi connectivity index (χ3v) is 12.1. The maximum absolute atomic E-state index is 4.48. The Labute approximate surface area is 177 Å². The molecule has 0 atom stereocenters. The van der Waals surface area contributed by atoms with Crippen LogP contribution in [0.15, 0.2) is 0 Å². The zero-order valence-corrected chi connectivity index (χ0v) is 25.8. The third-order valence-electron chi connectivity index (χ3n) is 1.34. The first kappa shape index (κ1) is 32.0. The Morgan fingerprint density at radius 1 is 0.318 bits per heavy atom. The Hall–Kier alpha value is 2.29. The summed E-state index contributed by atoms with van der Waals surface area (Å²) in [4.78, 5) is 0. The van der Waals surface area contributed by atoms with Gasteiger partial charge in [0.1, 0.15) is 0 Å². The Kier molecular flexibility index (Phi) is 31.0. The predicted octanol–water partition coefficient (Wildman–Crippen LogP) is 5.58. The zero-order chi connectivity index (χ0) is 17.6. The maximum Gasteiger partial charge on any atom is 3.00 e. The number of hydrogen-bond donors (Lipinski definition) is 0. The number of rotatable bonds is 6. The van der Waals surface area contributed by atoms with E-state index in [-0.39, 0.29) is 86.5 Å². The van der Waals surface area contributed by atoms with Gasteiger partial charge in [-0.05, 0) is 0 Å². The molecule has 0 aromatic carbocycles. The molecule has 0 saturated carbocycles. The minimum Gasteiger partial charge on any atom is -0.673 e. The number of hydrogen-bond acceptors (Lipinski definition) is 0. The molecule has 0 N–H and O–H groups in total. The van der Waals surface area contributed by atoms with E-state index in [4.69, 9.17) is 0 Å². The summed E-state index contributed by atoms with van der Waals surface area (Å²) in [6, 6.07) is 0. The van der Waals surface area contributed by atoms with Crippen molar-refractivity contribution in [1.29, 1.82) is 0 Å². The normalized spacial score (nSPS) is 10.6. The SMILES string of the molecule is C[Si](C)[N-][Si](C)C.C[Si](C)[N-][Si](C)C.C[Si](C)[N-][Si](C)C.[Y+3]. The largest absolute Gasteiger partial charge is 3.00 e. The van der Waals surface area contributed by atoms with Crippen molar-refractivity contribution in [3.05, 3.63) is 13.9 Å². The molecule has 0 aliphatic carbocycles. The fraction of sp³-hybridized carbons (Fsp3) is 1.00. The summed E-state index contributed by atoms with van der Waals surface area (Å²) in [7, 11) is -1.58. The Morgan fingerprint density at radius 3 is 0.409 bits per heavy atom. The van der Waals surface area contributed by atoms with Crippen LogP contribution in [0.2, 0.25) is 78.6 Å². The molecule has 0 spiro atoms. The van der Waals surface area contributed by atoms with E-state index in [1.54, 1.807) is 0 Å². The zero-order valence-electron chi connectivity index (χ0n) is 16.9. The van der Waals surface area contributed by atoms with Gasteiger partial charge in [-0.15, -0.1) is 0 Å². The Balaban J connectivity index is -0.000000108. The number of nitrogens with zero attached hydrogens (tertiary/aromatic N) is 3. The Bertz CT molecular complexity index is 156. The van der Waals surface area contributed by atoms with Crippen LogP contribution in [0.25, 0.3) is 13.9 Å². The molecule has 6 radical (unpaired) electrons. The fourth-order valence-corrected chi connectivity index (χ4v) is 12.1. The van der Waals surface area contributed by atoms with E-state index in [2.05, 4.69) is 92.5 Å². The van der Waals surface area contributed by atoms with Gasteiger partial charge in [0.2, 0.25) is 0 Å². The molecule has 0 heterocycles. The van der Waals surface area contributed by atoms with Crippen molar-refractivity contribution in [3.63, 3.8) is 0 Å². The molecule has 0 aromatic rings. The summed E-state index contributed by atoms with van der Waals surface area (Å²) in [5, 5.41) is 0. The summed E-state index contributed by atoms with van der Waals surface area (Å²) in [5.74, 6) is 0. The van der Waals surface area contributed by atoms with Gasteiger partial charge >= 0.3 is 32.7 Å². The van der Waals surface area contributed by atoms with Gasteiger partial charge in [-0.2, -0.15) is 0 Å². The van der Waals surface area contributed by atoms with Gasteiger partial charge in [-0.3, -0.25) is 0 Å². The second-order valence-electron chi connectivity index (χ2n) is 6.02. The van der Waals surface area contributed by atoms with Crippen LogP contribution in [0.3, 0.4) is 0 Å². The minimum absolute atomic E-state index is 0. The van der Waals surface area contributed by atoms with Crippen molar-refractivity contribution in [3.8, 4) is 0 Å². The first-order valence-electron chi connectivity index (χ1n) is 7.34. The molecule has 0 aliphatic heterocycles. The van der Waals surface area contributed by atoms with E-state index in [0.29, 0.717) is 0 Å². The van der Waals surface area contributed by atoms with Crippen molar-refractivity contribution >= 4 is 53.7 Å². The van der Waals surface area contributed by atoms with Crippen LogP contribution in [-0.4, -0.2) is 53.7 Å². The molecule has 0 amide bonds. The van der Waals surface area contributed by atoms with Gasteiger partial charge in [0, 0.05) is 0 Å². The van der Waals surface area contributed by atoms with Crippen molar-refractivity contribution in [2.24, 2.45) is 0 Å². The maximum atomic E-state index is 4.48. The molecule has 22 heavy (non-hydrogen) atoms. The monoisotopic (exact) mass is 479 g/mol. The van der Waals surface area contributed by atoms with E-state index in [0.717, 1.165) is 0 Å². The molecule has 0 bridgehead atoms. The van der Waals surface area contributed by atoms with E-state index >= 15 is 0 Å². The van der Waals surface area contributed by atoms with E-state index < -0.39 is 0 Å². The predicted molar refractivity (Wildman–Crippen MR) is 115 cm³/mol. The van der Waals surface area contributed by atoms with Gasteiger partial charge in [-0.25, -0.2) is 0 Å². The second kappa shape index (κ2) is 21.3. The Morgan fingerprint density at radius 2 is 0.409 bits per heavy atom. The van der Waals surface area contributed by atoms with Crippen molar-refractivity contribution < 1.29 is 32.7 Å².